The van der Waals surface area contributed by atoms with Crippen LogP contribution >= 0.6 is 11.3 Å². The molecule has 1 N–H and O–H groups in total. The van der Waals surface area contributed by atoms with Gasteiger partial charge < -0.3 is 10.1 Å². The summed E-state index contributed by atoms with van der Waals surface area (Å²) in [5.74, 6) is 0.0491. The van der Waals surface area contributed by atoms with Gasteiger partial charge >= 0.3 is 0 Å². The molecule has 8 heteroatoms. The predicted molar refractivity (Wildman–Crippen MR) is 92.9 cm³/mol. The second-order valence-electron chi connectivity index (χ2n) is 5.50. The average molecular weight is 353 g/mol. The smallest absolute Gasteiger partial charge is 0.246 e. The quantitative estimate of drug-likeness (QED) is 0.667. The standard InChI is InChI=1S/C17H15N5O2S/c1-24-14-6-11(2-3-12(14)7-18)15-9-21-17(25-15)22(10-19)16(23)13-4-5-20-8-13/h2-3,6,9,13,20H,4-5,8H2,1H3/t13-/m0/s1. The summed E-state index contributed by atoms with van der Waals surface area (Å²) in [5.41, 5.74) is 1.26. The highest BCUT2D eigenvalue weighted by atomic mass is 32.1. The lowest BCUT2D eigenvalue weighted by Gasteiger charge is -2.14. The number of aromatic nitrogens is 1. The van der Waals surface area contributed by atoms with Gasteiger partial charge in [0.05, 0.1) is 23.5 Å². The number of ether oxygens (including phenoxy) is 1. The number of benzene rings is 1. The molecule has 0 bridgehead atoms. The van der Waals surface area contributed by atoms with E-state index in [1.807, 2.05) is 6.19 Å². The van der Waals surface area contributed by atoms with Crippen molar-refractivity contribution < 1.29 is 9.53 Å². The van der Waals surface area contributed by atoms with E-state index in [1.54, 1.807) is 24.4 Å². The van der Waals surface area contributed by atoms with Crippen LogP contribution in [0.5, 0.6) is 5.75 Å². The molecule has 2 heterocycles. The highest BCUT2D eigenvalue weighted by molar-refractivity contribution is 7.19. The van der Waals surface area contributed by atoms with Gasteiger partial charge in [0.2, 0.25) is 11.0 Å². The van der Waals surface area contributed by atoms with Crippen LogP contribution in [-0.4, -0.2) is 31.1 Å². The zero-order valence-electron chi connectivity index (χ0n) is 13.5. The SMILES string of the molecule is COc1cc(-c2cnc(N(C#N)C(=O)[C@H]3CCNC3)s2)ccc1C#N. The van der Waals surface area contributed by atoms with Crippen molar-refractivity contribution in [2.75, 3.05) is 25.1 Å². The molecule has 7 nitrogen and oxygen atoms in total. The third-order valence-electron chi connectivity index (χ3n) is 4.02. The van der Waals surface area contributed by atoms with Crippen molar-refractivity contribution in [3.63, 3.8) is 0 Å². The summed E-state index contributed by atoms with van der Waals surface area (Å²) in [4.78, 5) is 18.6. The molecule has 3 rings (SSSR count). The van der Waals surface area contributed by atoms with Gasteiger partial charge in [-0.1, -0.05) is 17.4 Å². The number of nitrogens with one attached hydrogen (secondary N) is 1. The highest BCUT2D eigenvalue weighted by Crippen LogP contribution is 2.34. The molecule has 0 saturated carbocycles. The molecule has 1 aliphatic heterocycles. The fourth-order valence-electron chi connectivity index (χ4n) is 2.67. The molecule has 0 unspecified atom stereocenters. The van der Waals surface area contributed by atoms with Gasteiger partial charge in [-0.3, -0.25) is 4.79 Å². The van der Waals surface area contributed by atoms with Crippen molar-refractivity contribution in [1.82, 2.24) is 10.3 Å². The summed E-state index contributed by atoms with van der Waals surface area (Å²) in [6.07, 6.45) is 4.28. The third-order valence-corrected chi connectivity index (χ3v) is 5.05. The van der Waals surface area contributed by atoms with Crippen LogP contribution < -0.4 is 15.0 Å². The maximum atomic E-state index is 12.5. The Morgan fingerprint density at radius 3 is 2.96 bits per heavy atom. The molecule has 1 amide bonds. The van der Waals surface area contributed by atoms with Gasteiger partial charge in [0.15, 0.2) is 6.19 Å². The molecule has 1 aliphatic rings. The lowest BCUT2D eigenvalue weighted by molar-refractivity contribution is -0.121. The Morgan fingerprint density at radius 2 is 2.32 bits per heavy atom. The van der Waals surface area contributed by atoms with Crippen molar-refractivity contribution in [2.24, 2.45) is 5.92 Å². The van der Waals surface area contributed by atoms with E-state index in [-0.39, 0.29) is 11.8 Å². The molecule has 0 aliphatic carbocycles. The molecular formula is C17H15N5O2S. The van der Waals surface area contributed by atoms with Gasteiger partial charge in [0.1, 0.15) is 11.8 Å². The summed E-state index contributed by atoms with van der Waals surface area (Å²) in [6, 6.07) is 7.27. The zero-order valence-corrected chi connectivity index (χ0v) is 14.3. The number of carbonyl (C=O) groups excluding carboxylic acids is 1. The van der Waals surface area contributed by atoms with Crippen molar-refractivity contribution >= 4 is 22.4 Å². The van der Waals surface area contributed by atoms with E-state index in [4.69, 9.17) is 10.00 Å². The molecule has 1 atom stereocenters. The lowest BCUT2D eigenvalue weighted by atomic mass is 10.1. The van der Waals surface area contributed by atoms with Gasteiger partial charge in [-0.15, -0.1) is 0 Å². The van der Waals surface area contributed by atoms with Gasteiger partial charge in [-0.05, 0) is 30.7 Å². The van der Waals surface area contributed by atoms with E-state index in [0.717, 1.165) is 28.3 Å². The number of carbonyl (C=O) groups is 1. The second-order valence-corrected chi connectivity index (χ2v) is 6.51. The highest BCUT2D eigenvalue weighted by Gasteiger charge is 2.29. The minimum absolute atomic E-state index is 0.193. The fourth-order valence-corrected chi connectivity index (χ4v) is 3.55. The van der Waals surface area contributed by atoms with Crippen LogP contribution in [0.15, 0.2) is 24.4 Å². The zero-order chi connectivity index (χ0) is 17.8. The van der Waals surface area contributed by atoms with Crippen LogP contribution in [0.4, 0.5) is 5.13 Å². The van der Waals surface area contributed by atoms with E-state index in [1.165, 1.54) is 18.4 Å². The minimum atomic E-state index is -0.231. The van der Waals surface area contributed by atoms with Crippen LogP contribution in [0.2, 0.25) is 0 Å². The van der Waals surface area contributed by atoms with Gasteiger partial charge in [0.25, 0.3) is 0 Å². The van der Waals surface area contributed by atoms with E-state index in [2.05, 4.69) is 16.4 Å². The van der Waals surface area contributed by atoms with Gasteiger partial charge in [-0.2, -0.15) is 15.4 Å². The second kappa shape index (κ2) is 7.31. The van der Waals surface area contributed by atoms with Crippen molar-refractivity contribution in [3.05, 3.63) is 30.0 Å². The van der Waals surface area contributed by atoms with E-state index in [0.29, 0.717) is 23.0 Å². The maximum Gasteiger partial charge on any atom is 0.246 e. The fraction of sp³-hybridized carbons (Fsp3) is 0.294. The number of amides is 1. The first kappa shape index (κ1) is 16.9. The topological polar surface area (TPSA) is 102 Å². The number of nitriles is 2. The molecular weight excluding hydrogens is 338 g/mol. The maximum absolute atomic E-state index is 12.5. The Morgan fingerprint density at radius 1 is 1.48 bits per heavy atom. The van der Waals surface area contributed by atoms with Crippen molar-refractivity contribution in [3.8, 4) is 28.5 Å². The van der Waals surface area contributed by atoms with Crippen LogP contribution in [0.3, 0.4) is 0 Å². The molecule has 0 radical (unpaired) electrons. The molecule has 2 aromatic rings. The minimum Gasteiger partial charge on any atom is -0.495 e. The third kappa shape index (κ3) is 3.31. The first-order valence-electron chi connectivity index (χ1n) is 7.66. The first-order chi connectivity index (χ1) is 12.2. The predicted octanol–water partition coefficient (Wildman–Crippen LogP) is 2.11. The van der Waals surface area contributed by atoms with Crippen LogP contribution in [0, 0.1) is 28.7 Å². The Balaban J connectivity index is 1.88. The summed E-state index contributed by atoms with van der Waals surface area (Å²) in [5, 5.41) is 21.9. The van der Waals surface area contributed by atoms with E-state index in [9.17, 15) is 10.1 Å². The molecule has 0 spiro atoms. The Bertz CT molecular complexity index is 874. The Labute approximate surface area is 149 Å². The lowest BCUT2D eigenvalue weighted by Crippen LogP contribution is -2.33. The normalized spacial score (nSPS) is 16.0. The Hall–Kier alpha value is -2.94. The van der Waals surface area contributed by atoms with E-state index < -0.39 is 0 Å². The first-order valence-corrected chi connectivity index (χ1v) is 8.48. The summed E-state index contributed by atoms with van der Waals surface area (Å²) < 4.78 is 5.22. The largest absolute Gasteiger partial charge is 0.495 e. The number of thiazole rings is 1. The molecule has 1 aromatic carbocycles. The van der Waals surface area contributed by atoms with E-state index >= 15 is 0 Å². The average Bonchev–Trinajstić information content (AvgIpc) is 3.33. The monoisotopic (exact) mass is 353 g/mol. The van der Waals surface area contributed by atoms with Crippen molar-refractivity contribution in [1.29, 1.82) is 10.5 Å². The van der Waals surface area contributed by atoms with Crippen LogP contribution in [-0.2, 0) is 4.79 Å². The van der Waals surface area contributed by atoms with Crippen LogP contribution in [0.1, 0.15) is 12.0 Å². The summed E-state index contributed by atoms with van der Waals surface area (Å²) in [7, 11) is 1.50. The van der Waals surface area contributed by atoms with Crippen molar-refractivity contribution in [2.45, 2.75) is 6.42 Å². The number of anilines is 1. The van der Waals surface area contributed by atoms with Gasteiger partial charge in [-0.25, -0.2) is 4.98 Å². The number of nitrogens with zero attached hydrogens (tertiary/aromatic N) is 4. The molecule has 1 saturated heterocycles. The Kier molecular flexibility index (Phi) is 4.94. The molecule has 1 aromatic heterocycles. The molecule has 25 heavy (non-hydrogen) atoms. The summed E-state index contributed by atoms with van der Waals surface area (Å²) >= 11 is 1.25. The molecule has 1 fully saturated rings. The number of methoxy groups -OCH3 is 1. The summed E-state index contributed by atoms with van der Waals surface area (Å²) in [6.45, 7) is 1.37. The van der Waals surface area contributed by atoms with Crippen LogP contribution in [0.25, 0.3) is 10.4 Å². The number of hydrogen-bond donors (Lipinski definition) is 1. The number of hydrogen-bond acceptors (Lipinski definition) is 7. The van der Waals surface area contributed by atoms with Gasteiger partial charge in [0, 0.05) is 12.7 Å². The number of rotatable bonds is 4. The molecule has 126 valence electrons.